The molecule has 8 nitrogen and oxygen atoms in total. The van der Waals surface area contributed by atoms with Crippen LogP contribution < -0.4 is 15.4 Å². The van der Waals surface area contributed by atoms with Crippen molar-refractivity contribution in [2.45, 2.75) is 4.34 Å². The predicted octanol–water partition coefficient (Wildman–Crippen LogP) is 0.982. The number of nitrogens with zero attached hydrogens (tertiary/aromatic N) is 4. The summed E-state index contributed by atoms with van der Waals surface area (Å²) in [6.07, 6.45) is 0. The number of para-hydroxylation sites is 1. The van der Waals surface area contributed by atoms with E-state index in [-0.39, 0.29) is 24.0 Å². The van der Waals surface area contributed by atoms with Crippen molar-refractivity contribution in [2.75, 3.05) is 43.4 Å². The average Bonchev–Trinajstić information content (AvgIpc) is 3.15. The maximum atomic E-state index is 13.5. The summed E-state index contributed by atoms with van der Waals surface area (Å²) in [5, 5.41) is 8.91. The maximum absolute atomic E-state index is 13.5. The first kappa shape index (κ1) is 19.4. The van der Waals surface area contributed by atoms with Gasteiger partial charge < -0.3 is 20.3 Å². The molecule has 0 saturated carbocycles. The van der Waals surface area contributed by atoms with Crippen molar-refractivity contribution in [1.29, 1.82) is 0 Å². The van der Waals surface area contributed by atoms with Gasteiger partial charge in [-0.15, -0.1) is 10.2 Å². The molecular weight excluding hydrogens is 393 g/mol. The highest BCUT2D eigenvalue weighted by atomic mass is 32.2. The Labute approximate surface area is 163 Å². The third-order valence-corrected chi connectivity index (χ3v) is 5.96. The highest BCUT2D eigenvalue weighted by Gasteiger charge is 2.24. The number of carbonyl (C=O) groups is 2. The molecule has 1 fully saturated rings. The van der Waals surface area contributed by atoms with Crippen LogP contribution in [-0.4, -0.2) is 65.5 Å². The summed E-state index contributed by atoms with van der Waals surface area (Å²) in [4.78, 5) is 26.8. The Hall–Kier alpha value is -2.40. The highest BCUT2D eigenvalue weighted by Crippen LogP contribution is 2.28. The van der Waals surface area contributed by atoms with Crippen LogP contribution in [0.4, 0.5) is 9.52 Å². The van der Waals surface area contributed by atoms with Gasteiger partial charge in [0.2, 0.25) is 11.0 Å². The Morgan fingerprint density at radius 1 is 1.22 bits per heavy atom. The first-order valence-electron chi connectivity index (χ1n) is 8.17. The van der Waals surface area contributed by atoms with Gasteiger partial charge in [0.15, 0.2) is 22.5 Å². The van der Waals surface area contributed by atoms with E-state index in [1.165, 1.54) is 35.2 Å². The zero-order valence-electron chi connectivity index (χ0n) is 14.3. The number of ether oxygens (including phenoxy) is 1. The van der Waals surface area contributed by atoms with Crippen molar-refractivity contribution in [2.24, 2.45) is 5.73 Å². The van der Waals surface area contributed by atoms with Gasteiger partial charge in [-0.1, -0.05) is 35.2 Å². The minimum Gasteiger partial charge on any atom is -0.481 e. The lowest BCUT2D eigenvalue weighted by atomic mass is 10.3. The summed E-state index contributed by atoms with van der Waals surface area (Å²) < 4.78 is 19.5. The number of piperazine rings is 1. The minimum absolute atomic E-state index is 0.0688. The summed E-state index contributed by atoms with van der Waals surface area (Å²) in [5.41, 5.74) is 5.12. The number of aromatic nitrogens is 2. The molecule has 3 rings (SSSR count). The quantitative estimate of drug-likeness (QED) is 0.678. The number of primary amides is 1. The lowest BCUT2D eigenvalue weighted by Crippen LogP contribution is -2.50. The van der Waals surface area contributed by atoms with Crippen LogP contribution in [0.5, 0.6) is 5.75 Å². The fourth-order valence-electron chi connectivity index (χ4n) is 2.46. The number of amides is 2. The fourth-order valence-corrected chi connectivity index (χ4v) is 4.09. The second-order valence-corrected chi connectivity index (χ2v) is 7.87. The number of hydrogen-bond donors (Lipinski definition) is 1. The highest BCUT2D eigenvalue weighted by molar-refractivity contribution is 8.01. The number of halogens is 1. The van der Waals surface area contributed by atoms with Crippen LogP contribution in [0.3, 0.4) is 0 Å². The monoisotopic (exact) mass is 411 g/mol. The van der Waals surface area contributed by atoms with Crippen LogP contribution in [0, 0.1) is 5.82 Å². The third kappa shape index (κ3) is 5.30. The van der Waals surface area contributed by atoms with Crippen molar-refractivity contribution in [3.05, 3.63) is 30.1 Å². The number of rotatable bonds is 7. The second kappa shape index (κ2) is 9.00. The number of benzene rings is 1. The molecule has 144 valence electrons. The zero-order chi connectivity index (χ0) is 19.2. The fraction of sp³-hybridized carbons (Fsp3) is 0.375. The van der Waals surface area contributed by atoms with Crippen LogP contribution in [0.15, 0.2) is 28.6 Å². The Morgan fingerprint density at radius 3 is 2.67 bits per heavy atom. The smallest absolute Gasteiger partial charge is 0.260 e. The molecule has 1 aromatic carbocycles. The van der Waals surface area contributed by atoms with Gasteiger partial charge >= 0.3 is 0 Å². The van der Waals surface area contributed by atoms with Gasteiger partial charge in [0.25, 0.3) is 5.91 Å². The van der Waals surface area contributed by atoms with E-state index in [1.54, 1.807) is 17.0 Å². The molecule has 11 heteroatoms. The minimum atomic E-state index is -0.489. The summed E-state index contributed by atoms with van der Waals surface area (Å²) in [6.45, 7) is 2.06. The van der Waals surface area contributed by atoms with Gasteiger partial charge in [-0.2, -0.15) is 0 Å². The molecule has 0 unspecified atom stereocenters. The van der Waals surface area contributed by atoms with Gasteiger partial charge in [0, 0.05) is 26.2 Å². The normalized spacial score (nSPS) is 14.3. The van der Waals surface area contributed by atoms with Crippen LogP contribution >= 0.6 is 23.1 Å². The molecule has 0 bridgehead atoms. The zero-order valence-corrected chi connectivity index (χ0v) is 16.0. The standard InChI is InChI=1S/C16H18FN5O3S2/c17-11-3-1-2-4-12(11)25-9-14(24)21-5-7-22(8-6-21)15-19-20-16(27-15)26-10-13(18)23/h1-4H,5-10H2,(H2,18,23). The van der Waals surface area contributed by atoms with Crippen LogP contribution in [-0.2, 0) is 9.59 Å². The first-order chi connectivity index (χ1) is 13.0. The van der Waals surface area contributed by atoms with E-state index in [9.17, 15) is 14.0 Å². The van der Waals surface area contributed by atoms with Crippen molar-refractivity contribution < 1.29 is 18.7 Å². The Balaban J connectivity index is 1.46. The van der Waals surface area contributed by atoms with Crippen LogP contribution in [0.1, 0.15) is 0 Å². The van der Waals surface area contributed by atoms with E-state index in [4.69, 9.17) is 10.5 Å². The van der Waals surface area contributed by atoms with E-state index in [0.717, 1.165) is 5.13 Å². The molecule has 2 N–H and O–H groups in total. The number of nitrogens with two attached hydrogens (primary N) is 1. The van der Waals surface area contributed by atoms with Crippen LogP contribution in [0.25, 0.3) is 0 Å². The Morgan fingerprint density at radius 2 is 1.96 bits per heavy atom. The molecule has 1 aromatic heterocycles. The van der Waals surface area contributed by atoms with E-state index >= 15 is 0 Å². The third-order valence-electron chi connectivity index (χ3n) is 3.82. The lowest BCUT2D eigenvalue weighted by Gasteiger charge is -2.34. The summed E-state index contributed by atoms with van der Waals surface area (Å²) in [7, 11) is 0. The van der Waals surface area contributed by atoms with Gasteiger partial charge in [-0.05, 0) is 12.1 Å². The molecule has 0 atom stereocenters. The molecule has 1 aliphatic rings. The van der Waals surface area contributed by atoms with Gasteiger partial charge in [-0.3, -0.25) is 9.59 Å². The van der Waals surface area contributed by atoms with E-state index < -0.39 is 11.7 Å². The largest absolute Gasteiger partial charge is 0.481 e. The molecule has 2 aromatic rings. The Kier molecular flexibility index (Phi) is 6.45. The van der Waals surface area contributed by atoms with E-state index in [1.807, 2.05) is 4.90 Å². The van der Waals surface area contributed by atoms with E-state index in [2.05, 4.69) is 10.2 Å². The van der Waals surface area contributed by atoms with Gasteiger partial charge in [0.1, 0.15) is 0 Å². The average molecular weight is 411 g/mol. The molecule has 0 radical (unpaired) electrons. The molecular formula is C16H18FN5O3S2. The molecule has 1 aliphatic heterocycles. The van der Waals surface area contributed by atoms with Gasteiger partial charge in [0.05, 0.1) is 5.75 Å². The van der Waals surface area contributed by atoms with Gasteiger partial charge in [-0.25, -0.2) is 4.39 Å². The lowest BCUT2D eigenvalue weighted by molar-refractivity contribution is -0.133. The molecule has 2 amide bonds. The van der Waals surface area contributed by atoms with Crippen molar-refractivity contribution in [3.63, 3.8) is 0 Å². The second-order valence-electron chi connectivity index (χ2n) is 5.69. The maximum Gasteiger partial charge on any atom is 0.260 e. The molecule has 0 aliphatic carbocycles. The number of hydrogen-bond acceptors (Lipinski definition) is 8. The Bertz CT molecular complexity index is 811. The van der Waals surface area contributed by atoms with Crippen LogP contribution in [0.2, 0.25) is 0 Å². The molecule has 0 spiro atoms. The number of carbonyl (C=O) groups excluding carboxylic acids is 2. The SMILES string of the molecule is NC(=O)CSc1nnc(N2CCN(C(=O)COc3ccccc3F)CC2)s1. The summed E-state index contributed by atoms with van der Waals surface area (Å²) in [6, 6.07) is 5.99. The summed E-state index contributed by atoms with van der Waals surface area (Å²) >= 11 is 2.65. The molecule has 1 saturated heterocycles. The predicted molar refractivity (Wildman–Crippen MR) is 101 cm³/mol. The molecule has 2 heterocycles. The summed E-state index contributed by atoms with van der Waals surface area (Å²) in [5.74, 6) is -0.844. The van der Waals surface area contributed by atoms with Crippen molar-refractivity contribution >= 4 is 40.0 Å². The molecule has 27 heavy (non-hydrogen) atoms. The first-order valence-corrected chi connectivity index (χ1v) is 9.98. The topological polar surface area (TPSA) is 102 Å². The number of thioether (sulfide) groups is 1. The van der Waals surface area contributed by atoms with Crippen molar-refractivity contribution in [1.82, 2.24) is 15.1 Å². The van der Waals surface area contributed by atoms with E-state index in [0.29, 0.717) is 30.5 Å². The number of anilines is 1. The van der Waals surface area contributed by atoms with Crippen molar-refractivity contribution in [3.8, 4) is 5.75 Å².